The normalized spacial score (nSPS) is 11.6. The lowest BCUT2D eigenvalue weighted by Crippen LogP contribution is -2.06. The second-order valence-electron chi connectivity index (χ2n) is 3.24. The molecular formula is C13H16O. The van der Waals surface area contributed by atoms with E-state index in [9.17, 15) is 0 Å². The topological polar surface area (TPSA) is 9.23 Å². The van der Waals surface area contributed by atoms with Crippen LogP contribution in [-0.4, -0.2) is 6.10 Å². The van der Waals surface area contributed by atoms with Gasteiger partial charge in [0.25, 0.3) is 0 Å². The molecule has 0 aliphatic carbocycles. The molecule has 0 saturated heterocycles. The molecule has 0 aromatic heterocycles. The summed E-state index contributed by atoms with van der Waals surface area (Å²) in [5, 5.41) is 0. The summed E-state index contributed by atoms with van der Waals surface area (Å²) in [7, 11) is 0. The molecular weight excluding hydrogens is 172 g/mol. The molecule has 0 N–H and O–H groups in total. The fourth-order valence-electron chi connectivity index (χ4n) is 1.12. The van der Waals surface area contributed by atoms with E-state index in [1.165, 1.54) is 5.56 Å². The van der Waals surface area contributed by atoms with Gasteiger partial charge in [-0.15, -0.1) is 11.8 Å². The van der Waals surface area contributed by atoms with Crippen LogP contribution < -0.4 is 0 Å². The number of hydrogen-bond donors (Lipinski definition) is 0. The molecule has 0 heterocycles. The lowest BCUT2D eigenvalue weighted by molar-refractivity contribution is 0.0566. The van der Waals surface area contributed by atoms with Gasteiger partial charge < -0.3 is 4.74 Å². The van der Waals surface area contributed by atoms with Gasteiger partial charge in [-0.2, -0.15) is 0 Å². The highest BCUT2D eigenvalue weighted by molar-refractivity contribution is 5.13. The van der Waals surface area contributed by atoms with Crippen molar-refractivity contribution in [2.75, 3.05) is 0 Å². The third kappa shape index (κ3) is 4.11. The lowest BCUT2D eigenvalue weighted by Gasteiger charge is -2.09. The van der Waals surface area contributed by atoms with Crippen LogP contribution in [-0.2, 0) is 11.3 Å². The lowest BCUT2D eigenvalue weighted by atomic mass is 10.2. The Balaban J connectivity index is 2.29. The van der Waals surface area contributed by atoms with Crippen LogP contribution in [0.5, 0.6) is 0 Å². The monoisotopic (exact) mass is 188 g/mol. The summed E-state index contributed by atoms with van der Waals surface area (Å²) < 4.78 is 5.63. The molecule has 0 fully saturated rings. The molecule has 0 radical (unpaired) electrons. The molecule has 1 rings (SSSR count). The third-order valence-electron chi connectivity index (χ3n) is 1.94. The summed E-state index contributed by atoms with van der Waals surface area (Å²) in [6, 6.07) is 10.2. The zero-order chi connectivity index (χ0) is 10.2. The van der Waals surface area contributed by atoms with E-state index in [0.717, 1.165) is 6.42 Å². The minimum Gasteiger partial charge on any atom is -0.373 e. The molecule has 1 aromatic carbocycles. The van der Waals surface area contributed by atoms with E-state index in [1.54, 1.807) is 0 Å². The van der Waals surface area contributed by atoms with E-state index in [0.29, 0.717) is 6.61 Å². The van der Waals surface area contributed by atoms with Gasteiger partial charge >= 0.3 is 0 Å². The summed E-state index contributed by atoms with van der Waals surface area (Å²) in [5.74, 6) is 5.88. The second kappa shape index (κ2) is 6.23. The highest BCUT2D eigenvalue weighted by Gasteiger charge is 1.99. The third-order valence-corrected chi connectivity index (χ3v) is 1.94. The number of hydrogen-bond acceptors (Lipinski definition) is 1. The Morgan fingerprint density at radius 2 is 2.00 bits per heavy atom. The molecule has 1 nitrogen and oxygen atoms in total. The van der Waals surface area contributed by atoms with Gasteiger partial charge in [0.2, 0.25) is 0 Å². The average Bonchev–Trinajstić information content (AvgIpc) is 2.25. The van der Waals surface area contributed by atoms with Crippen LogP contribution in [0, 0.1) is 11.8 Å². The van der Waals surface area contributed by atoms with Gasteiger partial charge in [-0.3, -0.25) is 0 Å². The van der Waals surface area contributed by atoms with Crippen molar-refractivity contribution in [3.63, 3.8) is 0 Å². The molecule has 0 unspecified atom stereocenters. The van der Waals surface area contributed by atoms with Crippen LogP contribution in [0.2, 0.25) is 0 Å². The Bertz CT molecular complexity index is 305. The molecule has 0 aliphatic heterocycles. The minimum absolute atomic E-state index is 0.211. The van der Waals surface area contributed by atoms with Crippen molar-refractivity contribution in [2.24, 2.45) is 0 Å². The predicted octanol–water partition coefficient (Wildman–Crippen LogP) is 3.01. The fourth-order valence-corrected chi connectivity index (χ4v) is 1.12. The Kier molecular flexibility index (Phi) is 4.82. The van der Waals surface area contributed by atoms with Gasteiger partial charge in [-0.05, 0) is 19.4 Å². The van der Waals surface area contributed by atoms with Crippen molar-refractivity contribution >= 4 is 0 Å². The highest BCUT2D eigenvalue weighted by atomic mass is 16.5. The molecule has 14 heavy (non-hydrogen) atoms. The van der Waals surface area contributed by atoms with Crippen molar-refractivity contribution in [3.8, 4) is 11.8 Å². The van der Waals surface area contributed by atoms with E-state index in [-0.39, 0.29) is 6.10 Å². The zero-order valence-corrected chi connectivity index (χ0v) is 8.79. The summed E-state index contributed by atoms with van der Waals surface area (Å²) >= 11 is 0. The van der Waals surface area contributed by atoms with E-state index >= 15 is 0 Å². The highest BCUT2D eigenvalue weighted by Crippen LogP contribution is 2.04. The van der Waals surface area contributed by atoms with Crippen molar-refractivity contribution in [1.29, 1.82) is 0 Å². The molecule has 0 amide bonds. The van der Waals surface area contributed by atoms with E-state index in [4.69, 9.17) is 4.74 Å². The Morgan fingerprint density at radius 1 is 1.29 bits per heavy atom. The van der Waals surface area contributed by atoms with Crippen LogP contribution >= 0.6 is 0 Å². The van der Waals surface area contributed by atoms with Gasteiger partial charge in [0.15, 0.2) is 0 Å². The average molecular weight is 188 g/mol. The number of benzene rings is 1. The molecule has 0 saturated carbocycles. The Labute approximate surface area is 86.1 Å². The van der Waals surface area contributed by atoms with Crippen LogP contribution in [0.4, 0.5) is 0 Å². The number of rotatable bonds is 4. The van der Waals surface area contributed by atoms with E-state index in [1.807, 2.05) is 32.0 Å². The van der Waals surface area contributed by atoms with Crippen LogP contribution in [0.15, 0.2) is 30.3 Å². The molecule has 0 aliphatic rings. The summed E-state index contributed by atoms with van der Waals surface area (Å²) in [6.45, 7) is 4.57. The van der Waals surface area contributed by atoms with Crippen molar-refractivity contribution in [1.82, 2.24) is 0 Å². The molecule has 1 aromatic rings. The quantitative estimate of drug-likeness (QED) is 0.660. The molecule has 74 valence electrons. The molecule has 1 heteroatoms. The zero-order valence-electron chi connectivity index (χ0n) is 8.79. The van der Waals surface area contributed by atoms with Crippen molar-refractivity contribution < 1.29 is 4.74 Å². The van der Waals surface area contributed by atoms with Gasteiger partial charge in [-0.1, -0.05) is 30.3 Å². The standard InChI is InChI=1S/C13H16O/c1-3-4-8-12(2)14-11-13-9-6-5-7-10-13/h5-7,9-10,12H,8,11H2,1-2H3/t12-/m1/s1. The number of ether oxygens (including phenoxy) is 1. The van der Waals surface area contributed by atoms with Crippen LogP contribution in [0.3, 0.4) is 0 Å². The Hall–Kier alpha value is -1.26. The Morgan fingerprint density at radius 3 is 2.64 bits per heavy atom. The maximum Gasteiger partial charge on any atom is 0.0720 e. The van der Waals surface area contributed by atoms with Gasteiger partial charge in [0.1, 0.15) is 0 Å². The van der Waals surface area contributed by atoms with Gasteiger partial charge in [-0.25, -0.2) is 0 Å². The van der Waals surface area contributed by atoms with Crippen LogP contribution in [0.1, 0.15) is 25.8 Å². The molecule has 0 bridgehead atoms. The first-order valence-corrected chi connectivity index (χ1v) is 4.88. The molecule has 0 spiro atoms. The smallest absolute Gasteiger partial charge is 0.0720 e. The fraction of sp³-hybridized carbons (Fsp3) is 0.385. The maximum absolute atomic E-state index is 5.63. The van der Waals surface area contributed by atoms with E-state index < -0.39 is 0 Å². The first kappa shape index (κ1) is 10.8. The summed E-state index contributed by atoms with van der Waals surface area (Å²) in [4.78, 5) is 0. The van der Waals surface area contributed by atoms with Crippen molar-refractivity contribution in [2.45, 2.75) is 33.0 Å². The first-order valence-electron chi connectivity index (χ1n) is 4.88. The second-order valence-corrected chi connectivity index (χ2v) is 3.24. The largest absolute Gasteiger partial charge is 0.373 e. The maximum atomic E-state index is 5.63. The summed E-state index contributed by atoms with van der Waals surface area (Å²) in [6.07, 6.45) is 1.02. The van der Waals surface area contributed by atoms with Gasteiger partial charge in [0.05, 0.1) is 12.7 Å². The first-order chi connectivity index (χ1) is 6.83. The predicted molar refractivity (Wildman–Crippen MR) is 58.8 cm³/mol. The summed E-state index contributed by atoms with van der Waals surface area (Å²) in [5.41, 5.74) is 1.21. The SMILES string of the molecule is CC#CC[C@@H](C)OCc1ccccc1. The van der Waals surface area contributed by atoms with Crippen LogP contribution in [0.25, 0.3) is 0 Å². The minimum atomic E-state index is 0.211. The molecule has 1 atom stereocenters. The van der Waals surface area contributed by atoms with Gasteiger partial charge in [0, 0.05) is 6.42 Å². The van der Waals surface area contributed by atoms with E-state index in [2.05, 4.69) is 24.0 Å². The van der Waals surface area contributed by atoms with Crippen molar-refractivity contribution in [3.05, 3.63) is 35.9 Å².